The Balaban J connectivity index is 1.35. The quantitative estimate of drug-likeness (QED) is 0.539. The number of para-hydroxylation sites is 1. The number of aryl methyl sites for hydroxylation is 1. The Morgan fingerprint density at radius 2 is 1.85 bits per heavy atom. The first-order valence-electron chi connectivity index (χ1n) is 12.2. The highest BCUT2D eigenvalue weighted by molar-refractivity contribution is 5.97. The molecular formula is C27H34N4O3. The summed E-state index contributed by atoms with van der Waals surface area (Å²) in [5.74, 6) is 0.740. The van der Waals surface area contributed by atoms with E-state index >= 15 is 0 Å². The Hall–Kier alpha value is -3.35. The normalized spacial score (nSPS) is 14.5. The molecule has 1 aliphatic heterocycles. The molecule has 7 nitrogen and oxygen atoms in total. The Morgan fingerprint density at radius 3 is 2.56 bits per heavy atom. The number of likely N-dealkylation sites (tertiary alicyclic amines) is 1. The lowest BCUT2D eigenvalue weighted by molar-refractivity contribution is -0.136. The van der Waals surface area contributed by atoms with Gasteiger partial charge in [0.2, 0.25) is 5.91 Å². The molecule has 2 aromatic heterocycles. The number of benzene rings is 1. The maximum Gasteiger partial charge on any atom is 0.255 e. The van der Waals surface area contributed by atoms with Crippen LogP contribution in [0, 0.1) is 12.8 Å². The summed E-state index contributed by atoms with van der Waals surface area (Å²) in [5, 5.41) is 3.14. The number of hydrogen-bond acceptors (Lipinski definition) is 4. The van der Waals surface area contributed by atoms with E-state index < -0.39 is 0 Å². The second kappa shape index (κ2) is 10.7. The number of carbonyl (C=O) groups is 2. The Bertz CT molecular complexity index is 1140. The van der Waals surface area contributed by atoms with Crippen LogP contribution in [0.3, 0.4) is 0 Å². The highest BCUT2D eigenvalue weighted by Crippen LogP contribution is 2.22. The van der Waals surface area contributed by atoms with Gasteiger partial charge in [0.15, 0.2) is 0 Å². The molecule has 0 spiro atoms. The number of fused-ring (bicyclic) bond motifs is 1. The average molecular weight is 463 g/mol. The molecule has 0 atom stereocenters. The van der Waals surface area contributed by atoms with Gasteiger partial charge in [-0.25, -0.2) is 4.98 Å². The van der Waals surface area contributed by atoms with E-state index in [1.54, 1.807) is 6.07 Å². The Kier molecular flexibility index (Phi) is 7.50. The van der Waals surface area contributed by atoms with E-state index in [1.165, 1.54) is 0 Å². The molecule has 0 bridgehead atoms. The lowest BCUT2D eigenvalue weighted by atomic mass is 9.98. The molecule has 180 valence electrons. The molecule has 34 heavy (non-hydrogen) atoms. The number of imidazole rings is 1. The predicted octanol–water partition coefficient (Wildman–Crippen LogP) is 4.38. The summed E-state index contributed by atoms with van der Waals surface area (Å²) in [6, 6.07) is 11.4. The van der Waals surface area contributed by atoms with E-state index in [1.807, 2.05) is 58.9 Å². The zero-order chi connectivity index (χ0) is 24.1. The molecular weight excluding hydrogens is 428 g/mol. The standard InChI is InChI=1S/C27H34N4O3/c1-4-20(5-2)27(33)30-15-12-21(13-16-30)29-26(32)23-10-6-7-11-24(23)34-18-22-17-31-14-8-9-19(3)25(31)28-22/h6-11,14,17,20-21H,4-5,12-13,15-16,18H2,1-3H3,(H,29,32). The largest absolute Gasteiger partial charge is 0.486 e. The van der Waals surface area contributed by atoms with Gasteiger partial charge in [-0.1, -0.05) is 32.0 Å². The molecule has 3 aromatic rings. The number of pyridine rings is 1. The van der Waals surface area contributed by atoms with Gasteiger partial charge in [0.1, 0.15) is 18.0 Å². The van der Waals surface area contributed by atoms with E-state index in [9.17, 15) is 9.59 Å². The molecule has 0 unspecified atom stereocenters. The number of piperidine rings is 1. The highest BCUT2D eigenvalue weighted by Gasteiger charge is 2.27. The van der Waals surface area contributed by atoms with Crippen LogP contribution in [0.5, 0.6) is 5.75 Å². The highest BCUT2D eigenvalue weighted by atomic mass is 16.5. The number of nitrogens with zero attached hydrogens (tertiary/aromatic N) is 3. The summed E-state index contributed by atoms with van der Waals surface area (Å²) < 4.78 is 7.99. The zero-order valence-electron chi connectivity index (χ0n) is 20.3. The fourth-order valence-electron chi connectivity index (χ4n) is 4.61. The van der Waals surface area contributed by atoms with Crippen molar-refractivity contribution < 1.29 is 14.3 Å². The monoisotopic (exact) mass is 462 g/mol. The summed E-state index contributed by atoms with van der Waals surface area (Å²) >= 11 is 0. The van der Waals surface area contributed by atoms with Crippen LogP contribution in [0.25, 0.3) is 5.65 Å². The number of carbonyl (C=O) groups excluding carboxylic acids is 2. The van der Waals surface area contributed by atoms with Gasteiger partial charge in [-0.15, -0.1) is 0 Å². The van der Waals surface area contributed by atoms with Gasteiger partial charge in [0.25, 0.3) is 5.91 Å². The van der Waals surface area contributed by atoms with Crippen LogP contribution in [-0.4, -0.2) is 45.2 Å². The summed E-state index contributed by atoms with van der Waals surface area (Å²) in [6.45, 7) is 7.81. The van der Waals surface area contributed by atoms with Crippen LogP contribution in [-0.2, 0) is 11.4 Å². The fourth-order valence-corrected chi connectivity index (χ4v) is 4.61. The lowest BCUT2D eigenvalue weighted by Gasteiger charge is -2.34. The van der Waals surface area contributed by atoms with E-state index in [0.717, 1.165) is 42.6 Å². The average Bonchev–Trinajstić information content (AvgIpc) is 3.28. The van der Waals surface area contributed by atoms with Crippen molar-refractivity contribution in [2.24, 2.45) is 5.92 Å². The van der Waals surface area contributed by atoms with Gasteiger partial charge in [0, 0.05) is 37.4 Å². The van der Waals surface area contributed by atoms with Crippen LogP contribution in [0.2, 0.25) is 0 Å². The fraction of sp³-hybridized carbons (Fsp3) is 0.444. The van der Waals surface area contributed by atoms with Crippen LogP contribution in [0.1, 0.15) is 61.1 Å². The van der Waals surface area contributed by atoms with E-state index in [4.69, 9.17) is 4.74 Å². The van der Waals surface area contributed by atoms with Crippen molar-refractivity contribution in [1.29, 1.82) is 0 Å². The van der Waals surface area contributed by atoms with Crippen molar-refractivity contribution in [3.05, 3.63) is 65.6 Å². The molecule has 1 aliphatic rings. The Morgan fingerprint density at radius 1 is 1.12 bits per heavy atom. The summed E-state index contributed by atoms with van der Waals surface area (Å²) in [5.41, 5.74) is 3.32. The molecule has 0 saturated carbocycles. The van der Waals surface area contributed by atoms with Crippen LogP contribution < -0.4 is 10.1 Å². The third-order valence-corrected chi connectivity index (χ3v) is 6.71. The van der Waals surface area contributed by atoms with E-state index in [2.05, 4.69) is 24.1 Å². The molecule has 1 fully saturated rings. The van der Waals surface area contributed by atoms with Crippen LogP contribution >= 0.6 is 0 Å². The molecule has 2 amide bonds. The van der Waals surface area contributed by atoms with Crippen molar-refractivity contribution in [2.75, 3.05) is 13.1 Å². The van der Waals surface area contributed by atoms with Crippen LogP contribution in [0.4, 0.5) is 0 Å². The molecule has 4 rings (SSSR count). The summed E-state index contributed by atoms with van der Waals surface area (Å²) in [7, 11) is 0. The van der Waals surface area contributed by atoms with E-state index in [0.29, 0.717) is 24.4 Å². The number of hydrogen-bond donors (Lipinski definition) is 1. The molecule has 7 heteroatoms. The van der Waals surface area contributed by atoms with Gasteiger partial charge in [-0.05, 0) is 56.4 Å². The minimum Gasteiger partial charge on any atom is -0.486 e. The molecule has 3 heterocycles. The van der Waals surface area contributed by atoms with Gasteiger partial charge in [0.05, 0.1) is 11.3 Å². The third kappa shape index (κ3) is 5.24. The summed E-state index contributed by atoms with van der Waals surface area (Å²) in [6.07, 6.45) is 7.18. The minimum atomic E-state index is -0.147. The Labute approximate surface area is 201 Å². The third-order valence-electron chi connectivity index (χ3n) is 6.71. The molecule has 0 radical (unpaired) electrons. The van der Waals surface area contributed by atoms with Crippen LogP contribution in [0.15, 0.2) is 48.8 Å². The first-order chi connectivity index (χ1) is 16.5. The van der Waals surface area contributed by atoms with Crippen molar-refractivity contribution in [3.8, 4) is 5.75 Å². The second-order valence-corrected chi connectivity index (χ2v) is 9.03. The van der Waals surface area contributed by atoms with Crippen molar-refractivity contribution in [1.82, 2.24) is 19.6 Å². The molecule has 1 aromatic carbocycles. The SMILES string of the molecule is CCC(CC)C(=O)N1CCC(NC(=O)c2ccccc2OCc2cn3cccc(C)c3n2)CC1. The second-order valence-electron chi connectivity index (χ2n) is 9.03. The summed E-state index contributed by atoms with van der Waals surface area (Å²) in [4.78, 5) is 32.3. The van der Waals surface area contributed by atoms with Crippen molar-refractivity contribution in [2.45, 2.75) is 59.1 Å². The maximum atomic E-state index is 13.1. The zero-order valence-corrected chi connectivity index (χ0v) is 20.3. The number of amides is 2. The number of rotatable bonds is 8. The van der Waals surface area contributed by atoms with Gasteiger partial charge in [-0.2, -0.15) is 0 Å². The van der Waals surface area contributed by atoms with Crippen molar-refractivity contribution >= 4 is 17.5 Å². The molecule has 0 aliphatic carbocycles. The number of nitrogens with one attached hydrogen (secondary N) is 1. The molecule has 1 saturated heterocycles. The van der Waals surface area contributed by atoms with Gasteiger partial charge in [-0.3, -0.25) is 9.59 Å². The number of ether oxygens (including phenoxy) is 1. The maximum absolute atomic E-state index is 13.1. The number of aromatic nitrogens is 2. The smallest absolute Gasteiger partial charge is 0.255 e. The van der Waals surface area contributed by atoms with Crippen molar-refractivity contribution in [3.63, 3.8) is 0 Å². The van der Waals surface area contributed by atoms with Gasteiger partial charge >= 0.3 is 0 Å². The molecule has 1 N–H and O–H groups in total. The topological polar surface area (TPSA) is 75.9 Å². The predicted molar refractivity (Wildman–Crippen MR) is 132 cm³/mol. The van der Waals surface area contributed by atoms with E-state index in [-0.39, 0.29) is 30.4 Å². The lowest BCUT2D eigenvalue weighted by Crippen LogP contribution is -2.48. The minimum absolute atomic E-state index is 0.0488. The first-order valence-corrected chi connectivity index (χ1v) is 12.2. The first kappa shape index (κ1) is 23.8. The van der Waals surface area contributed by atoms with Gasteiger partial charge < -0.3 is 19.4 Å².